The highest BCUT2D eigenvalue weighted by molar-refractivity contribution is 7.61. The molecule has 1 aliphatic rings. The number of hydrogen-bond donors (Lipinski definition) is 10. The van der Waals surface area contributed by atoms with E-state index in [0.717, 1.165) is 28.3 Å². The molecule has 0 saturated heterocycles. The monoisotopic (exact) mass is 784 g/mol. The van der Waals surface area contributed by atoms with Crippen LogP contribution in [0.1, 0.15) is 11.1 Å². The highest BCUT2D eigenvalue weighted by Crippen LogP contribution is 2.60. The molecule has 0 saturated carbocycles. The third kappa shape index (κ3) is 7.69. The molecule has 24 nitrogen and oxygen atoms in total. The van der Waals surface area contributed by atoms with Gasteiger partial charge < -0.3 is 45.8 Å². The molecule has 1 aromatic carbocycles. The van der Waals surface area contributed by atoms with E-state index in [4.69, 9.17) is 10.5 Å². The number of aliphatic hydroxyl groups excluding tert-OH is 5. The van der Waals surface area contributed by atoms with Crippen LogP contribution in [0, 0.1) is 13.8 Å². The van der Waals surface area contributed by atoms with Crippen molar-refractivity contribution in [3.8, 4) is 0 Å². The van der Waals surface area contributed by atoms with Crippen molar-refractivity contribution >= 4 is 60.7 Å². The van der Waals surface area contributed by atoms with E-state index < -0.39 is 82.9 Å². The number of nitrogens with one attached hydrogen (secondary N) is 2. The molecule has 26 heteroatoms. The Morgan fingerprint density at radius 1 is 1.02 bits per heavy atom. The first-order chi connectivity index (χ1) is 24.9. The minimum Gasteiger partial charge on any atom is -0.505 e. The zero-order chi connectivity index (χ0) is 38.6. The highest BCUT2D eigenvalue weighted by Gasteiger charge is 2.42. The van der Waals surface area contributed by atoms with Gasteiger partial charge in [-0.05, 0) is 37.1 Å². The first kappa shape index (κ1) is 38.0. The summed E-state index contributed by atoms with van der Waals surface area (Å²) < 4.78 is 46.3. The average Bonchev–Trinajstić information content (AvgIpc) is 3.63. The summed E-state index contributed by atoms with van der Waals surface area (Å²) in [7, 11) is -11.0. The van der Waals surface area contributed by atoms with E-state index in [1.165, 1.54) is 4.57 Å². The molecule has 0 radical (unpaired) electrons. The molecule has 0 fully saturated rings. The van der Waals surface area contributed by atoms with Crippen molar-refractivity contribution < 1.29 is 67.1 Å². The summed E-state index contributed by atoms with van der Waals surface area (Å²) in [5.74, 6) is -1.12. The molecule has 11 N–H and O–H groups in total. The number of benzene rings is 1. The third-order valence-corrected chi connectivity index (χ3v) is 10.8. The van der Waals surface area contributed by atoms with Gasteiger partial charge in [-0.2, -0.15) is 9.29 Å². The van der Waals surface area contributed by atoms with Crippen LogP contribution in [-0.2, 0) is 33.8 Å². The molecule has 7 atom stereocenters. The Kier molecular flexibility index (Phi) is 10.2. The molecule has 5 aromatic rings. The number of aliphatic hydroxyl groups is 5. The maximum absolute atomic E-state index is 12.5. The minimum absolute atomic E-state index is 0.00787. The lowest BCUT2D eigenvalue weighted by atomic mass is 10.1. The van der Waals surface area contributed by atoms with Crippen molar-refractivity contribution in [1.82, 2.24) is 34.5 Å². The van der Waals surface area contributed by atoms with E-state index in [1.807, 2.05) is 0 Å². The second kappa shape index (κ2) is 14.3. The fourth-order valence-corrected chi connectivity index (χ4v) is 7.43. The molecular weight excluding hydrogens is 752 g/mol. The Bertz CT molecular complexity index is 2490. The summed E-state index contributed by atoms with van der Waals surface area (Å²) in [5, 5.41) is 52.9. The lowest BCUT2D eigenvalue weighted by Crippen LogP contribution is -2.51. The van der Waals surface area contributed by atoms with Gasteiger partial charge in [-0.3, -0.25) is 18.8 Å². The van der Waals surface area contributed by atoms with Gasteiger partial charge in [-0.1, -0.05) is 0 Å². The van der Waals surface area contributed by atoms with Gasteiger partial charge in [0.05, 0.1) is 13.2 Å². The maximum atomic E-state index is 12.5. The standard InChI is InChI=1S/C27H31N9O15P2/c1-10-3-12-13(4-11(10)2)35(24-18(32-12)25(42)34-27(43)33-24)5-14(37)19(39)15(38)6-48-52(44,45)51-53(46,47)49-7-16-20(40)21(41)26(50-16)36-9-31-17-22(28)29-8-30-23(17)36/h3-4,8-9,14-16,19-20,37-40H,5-7H2,1-2H3,(H6,28,29,30,34,41,42,43,44,45,46,47)/p+1/t14-,15+,16?,19-,20+/m0/s1. The number of aryl methyl sites for hydroxylation is 2. The summed E-state index contributed by atoms with van der Waals surface area (Å²) >= 11 is 0. The first-order valence-corrected chi connectivity index (χ1v) is 18.2. The van der Waals surface area contributed by atoms with Gasteiger partial charge in [0.2, 0.25) is 11.4 Å². The van der Waals surface area contributed by atoms with Crippen molar-refractivity contribution in [2.45, 2.75) is 50.9 Å². The van der Waals surface area contributed by atoms with Crippen molar-refractivity contribution in [3.05, 3.63) is 62.5 Å². The SMILES string of the molecule is Cc1cc2nc3c(=O)[nH]c(=O)[nH]c3[n+](C[C@H](O)[C@H](O)[C@H](O)COP(=O)(O)OP(=O)(O)OCC3OC(n4cnc5c(N)ncnc54)=C(O)[C@@H]3O)c2cc1C. The lowest BCUT2D eigenvalue weighted by Gasteiger charge is -2.24. The molecule has 5 heterocycles. The van der Waals surface area contributed by atoms with Crippen LogP contribution < -0.4 is 21.5 Å². The van der Waals surface area contributed by atoms with Crippen LogP contribution in [0.15, 0.2) is 40.1 Å². The van der Waals surface area contributed by atoms with E-state index in [-0.39, 0.29) is 34.0 Å². The second-order valence-electron chi connectivity index (χ2n) is 11.8. The number of phosphoric acid groups is 2. The molecule has 0 aliphatic carbocycles. The fraction of sp³-hybridized carbons (Fsp3) is 0.370. The van der Waals surface area contributed by atoms with Gasteiger partial charge in [-0.25, -0.2) is 43.0 Å². The molecule has 0 amide bonds. The van der Waals surface area contributed by atoms with Gasteiger partial charge in [0.15, 0.2) is 40.5 Å². The van der Waals surface area contributed by atoms with Crippen LogP contribution in [0.3, 0.4) is 0 Å². The van der Waals surface area contributed by atoms with E-state index in [9.17, 15) is 54.0 Å². The number of ether oxygens (including phenoxy) is 1. The number of nitrogens with zero attached hydrogens (tertiary/aromatic N) is 6. The van der Waals surface area contributed by atoms with Crippen molar-refractivity contribution in [1.29, 1.82) is 0 Å². The number of phosphoric ester groups is 2. The minimum atomic E-state index is -5.55. The van der Waals surface area contributed by atoms with Gasteiger partial charge in [-0.15, -0.1) is 0 Å². The number of nitrogen functional groups attached to an aromatic ring is 1. The van der Waals surface area contributed by atoms with Crippen molar-refractivity contribution in [2.24, 2.45) is 0 Å². The number of hydrogen-bond acceptors (Lipinski definition) is 18. The zero-order valence-corrected chi connectivity index (χ0v) is 29.2. The molecular formula is C27H32N9O15P2+. The van der Waals surface area contributed by atoms with E-state index >= 15 is 0 Å². The van der Waals surface area contributed by atoms with Crippen LogP contribution in [0.2, 0.25) is 0 Å². The second-order valence-corrected chi connectivity index (χ2v) is 14.9. The Morgan fingerprint density at radius 3 is 2.45 bits per heavy atom. The Balaban J connectivity index is 1.08. The number of aromatic nitrogens is 8. The van der Waals surface area contributed by atoms with Gasteiger partial charge >= 0.3 is 27.0 Å². The summed E-state index contributed by atoms with van der Waals surface area (Å²) in [5.41, 5.74) is 6.16. The molecule has 53 heavy (non-hydrogen) atoms. The third-order valence-electron chi connectivity index (χ3n) is 8.15. The van der Waals surface area contributed by atoms with Crippen LogP contribution in [0.25, 0.3) is 39.2 Å². The first-order valence-electron chi connectivity index (χ1n) is 15.2. The largest absolute Gasteiger partial charge is 0.505 e. The predicted molar refractivity (Wildman–Crippen MR) is 177 cm³/mol. The number of imidazole rings is 1. The summed E-state index contributed by atoms with van der Waals surface area (Å²) in [6.07, 6.45) is -7.22. The number of aromatic amines is 2. The van der Waals surface area contributed by atoms with Crippen LogP contribution in [0.5, 0.6) is 0 Å². The quantitative estimate of drug-likeness (QED) is 0.0346. The summed E-state index contributed by atoms with van der Waals surface area (Å²) in [4.78, 5) is 65.3. The van der Waals surface area contributed by atoms with E-state index in [0.29, 0.717) is 11.0 Å². The number of nitrogens with two attached hydrogens (primary N) is 1. The molecule has 284 valence electrons. The number of H-pyrrole nitrogens is 2. The van der Waals surface area contributed by atoms with Gasteiger partial charge in [0.25, 0.3) is 5.56 Å². The summed E-state index contributed by atoms with van der Waals surface area (Å²) in [6, 6.07) is 3.32. The number of anilines is 1. The van der Waals surface area contributed by atoms with Crippen LogP contribution in [0.4, 0.5) is 5.82 Å². The Hall–Kier alpha value is -4.71. The number of fused-ring (bicyclic) bond motifs is 3. The van der Waals surface area contributed by atoms with Crippen LogP contribution in [-0.4, -0.2) is 114 Å². The maximum Gasteiger partial charge on any atom is 0.481 e. The van der Waals surface area contributed by atoms with E-state index in [2.05, 4.69) is 43.3 Å². The topological polar surface area (TPSA) is 365 Å². The molecule has 4 aromatic heterocycles. The predicted octanol–water partition coefficient (Wildman–Crippen LogP) is -2.13. The highest BCUT2D eigenvalue weighted by atomic mass is 31.3. The molecule has 3 unspecified atom stereocenters. The normalized spacial score (nSPS) is 20.4. The van der Waals surface area contributed by atoms with E-state index in [1.54, 1.807) is 26.0 Å². The molecule has 0 spiro atoms. The molecule has 1 aliphatic heterocycles. The Morgan fingerprint density at radius 2 is 1.72 bits per heavy atom. The Labute approximate surface area is 294 Å². The summed E-state index contributed by atoms with van der Waals surface area (Å²) in [6.45, 7) is 0.800. The zero-order valence-electron chi connectivity index (χ0n) is 27.4. The van der Waals surface area contributed by atoms with Crippen LogP contribution >= 0.6 is 15.6 Å². The number of rotatable bonds is 13. The lowest BCUT2D eigenvalue weighted by molar-refractivity contribution is -0.657. The fourth-order valence-electron chi connectivity index (χ4n) is 5.33. The van der Waals surface area contributed by atoms with Gasteiger partial charge in [0, 0.05) is 0 Å². The van der Waals surface area contributed by atoms with Crippen molar-refractivity contribution in [3.63, 3.8) is 0 Å². The van der Waals surface area contributed by atoms with Crippen molar-refractivity contribution in [2.75, 3.05) is 18.9 Å². The van der Waals surface area contributed by atoms with Gasteiger partial charge in [0.1, 0.15) is 43.0 Å². The molecule has 0 bridgehead atoms. The average molecular weight is 785 g/mol. The molecule has 6 rings (SSSR count). The smallest absolute Gasteiger partial charge is 0.481 e.